The molecular formula is C56H35N3O2. The highest BCUT2D eigenvalue weighted by molar-refractivity contribution is 6.11. The SMILES string of the molecule is CC1(C)c2ccccc2-c2ccc(-c3nc(-n4c5ccccc5c5cc6c(cc54)C4(c5ccccc5O6)c5ccccc5-c5ccccc54)nc4c3oc3ccccc34)cc21. The number of nitrogens with zero attached hydrogens (tertiary/aromatic N) is 3. The van der Waals surface area contributed by atoms with Gasteiger partial charge in [0.1, 0.15) is 28.3 Å². The first kappa shape index (κ1) is 33.1. The molecule has 1 aliphatic heterocycles. The zero-order valence-electron chi connectivity index (χ0n) is 33.4. The van der Waals surface area contributed by atoms with Crippen molar-refractivity contribution in [1.29, 1.82) is 0 Å². The number of hydrogen-bond acceptors (Lipinski definition) is 4. The van der Waals surface area contributed by atoms with Gasteiger partial charge in [-0.1, -0.05) is 147 Å². The number of furan rings is 1. The molecule has 8 aromatic carbocycles. The molecule has 286 valence electrons. The summed E-state index contributed by atoms with van der Waals surface area (Å²) >= 11 is 0. The summed E-state index contributed by atoms with van der Waals surface area (Å²) in [4.78, 5) is 11.0. The van der Waals surface area contributed by atoms with Crippen LogP contribution in [0.25, 0.3) is 83.3 Å². The maximum atomic E-state index is 6.96. The molecule has 0 fully saturated rings. The van der Waals surface area contributed by atoms with Crippen LogP contribution in [0, 0.1) is 0 Å². The molecule has 14 rings (SSSR count). The molecule has 0 saturated heterocycles. The van der Waals surface area contributed by atoms with Gasteiger partial charge in [0.05, 0.1) is 16.4 Å². The van der Waals surface area contributed by atoms with Crippen molar-refractivity contribution in [3.8, 4) is 51.0 Å². The standard InChI is InChI=1S/C56H35N3O2/c1-55(2)40-20-8-3-15-33(40)36-28-27-32(29-44(36)55)51-53-52(38-19-7-13-25-48(38)61-53)58-54(57-51)59-46-24-12-6-18-37(46)39-30-50-45(31-47(39)59)56(43-23-11-14-26-49(43)60-50)41-21-9-4-16-34(41)35-17-5-10-22-42(35)56/h3-31H,1-2H3. The summed E-state index contributed by atoms with van der Waals surface area (Å²) < 4.78 is 15.9. The predicted octanol–water partition coefficient (Wildman–Crippen LogP) is 13.9. The fraction of sp³-hybridized carbons (Fsp3) is 0.0714. The van der Waals surface area contributed by atoms with Crippen molar-refractivity contribution in [3.63, 3.8) is 0 Å². The maximum Gasteiger partial charge on any atom is 0.236 e. The van der Waals surface area contributed by atoms with Crippen molar-refractivity contribution in [2.45, 2.75) is 24.7 Å². The number of aromatic nitrogens is 3. The highest BCUT2D eigenvalue weighted by Crippen LogP contribution is 2.62. The lowest BCUT2D eigenvalue weighted by Gasteiger charge is -2.39. The first-order chi connectivity index (χ1) is 30.0. The molecule has 5 heteroatoms. The van der Waals surface area contributed by atoms with Gasteiger partial charge in [0.15, 0.2) is 5.58 Å². The van der Waals surface area contributed by atoms with Crippen LogP contribution in [-0.2, 0) is 10.8 Å². The third-order valence-corrected chi connectivity index (χ3v) is 13.9. The van der Waals surface area contributed by atoms with Crippen molar-refractivity contribution in [2.75, 3.05) is 0 Å². The van der Waals surface area contributed by atoms with Gasteiger partial charge in [-0.15, -0.1) is 0 Å². The van der Waals surface area contributed by atoms with Gasteiger partial charge in [0.2, 0.25) is 5.95 Å². The Balaban J connectivity index is 1.08. The second-order valence-electron chi connectivity index (χ2n) is 17.2. The lowest BCUT2D eigenvalue weighted by atomic mass is 9.66. The van der Waals surface area contributed by atoms with E-state index in [4.69, 9.17) is 19.1 Å². The highest BCUT2D eigenvalue weighted by Gasteiger charge is 2.51. The molecule has 4 heterocycles. The van der Waals surface area contributed by atoms with Gasteiger partial charge in [0, 0.05) is 38.3 Å². The second kappa shape index (κ2) is 11.5. The third kappa shape index (κ3) is 4.10. The summed E-state index contributed by atoms with van der Waals surface area (Å²) in [5.74, 6) is 2.30. The van der Waals surface area contributed by atoms with E-state index in [-0.39, 0.29) is 5.41 Å². The van der Waals surface area contributed by atoms with Gasteiger partial charge >= 0.3 is 0 Å². The Morgan fingerprint density at radius 1 is 0.459 bits per heavy atom. The molecule has 3 aromatic heterocycles. The van der Waals surface area contributed by atoms with Crippen molar-refractivity contribution in [3.05, 3.63) is 209 Å². The average Bonchev–Trinajstić information content (AvgIpc) is 4.00. The summed E-state index contributed by atoms with van der Waals surface area (Å²) in [5.41, 5.74) is 17.6. The summed E-state index contributed by atoms with van der Waals surface area (Å²) in [7, 11) is 0. The van der Waals surface area contributed by atoms with E-state index in [1.165, 1.54) is 44.5 Å². The molecule has 1 spiro atoms. The van der Waals surface area contributed by atoms with Crippen molar-refractivity contribution >= 4 is 43.9 Å². The minimum atomic E-state index is -0.613. The third-order valence-electron chi connectivity index (χ3n) is 13.9. The Morgan fingerprint density at radius 2 is 1.08 bits per heavy atom. The van der Waals surface area contributed by atoms with E-state index in [1.54, 1.807) is 0 Å². The smallest absolute Gasteiger partial charge is 0.236 e. The molecule has 0 atom stereocenters. The van der Waals surface area contributed by atoms with Crippen molar-refractivity contribution < 1.29 is 9.15 Å². The van der Waals surface area contributed by atoms with Gasteiger partial charge in [-0.3, -0.25) is 4.57 Å². The molecule has 0 amide bonds. The Kier molecular flexibility index (Phi) is 6.24. The topological polar surface area (TPSA) is 53.1 Å². The Bertz CT molecular complexity index is 3690. The molecule has 0 unspecified atom stereocenters. The Hall–Kier alpha value is -7.76. The monoisotopic (exact) mass is 781 g/mol. The molecule has 2 aliphatic carbocycles. The van der Waals surface area contributed by atoms with Gasteiger partial charge in [-0.25, -0.2) is 9.97 Å². The number of para-hydroxylation sites is 3. The van der Waals surface area contributed by atoms with E-state index in [0.717, 1.165) is 72.2 Å². The fourth-order valence-electron chi connectivity index (χ4n) is 11.3. The van der Waals surface area contributed by atoms with Crippen LogP contribution < -0.4 is 4.74 Å². The largest absolute Gasteiger partial charge is 0.457 e. The number of hydrogen-bond donors (Lipinski definition) is 0. The van der Waals surface area contributed by atoms with Crippen LogP contribution in [-0.4, -0.2) is 14.5 Å². The van der Waals surface area contributed by atoms with Gasteiger partial charge in [-0.2, -0.15) is 0 Å². The lowest BCUT2D eigenvalue weighted by molar-refractivity contribution is 0.437. The van der Waals surface area contributed by atoms with E-state index in [9.17, 15) is 0 Å². The summed E-state index contributed by atoms with van der Waals surface area (Å²) in [5, 5.41) is 3.13. The number of benzene rings is 8. The number of ether oxygens (including phenoxy) is 1. The van der Waals surface area contributed by atoms with Crippen LogP contribution in [0.15, 0.2) is 180 Å². The normalized spacial score (nSPS) is 14.8. The van der Waals surface area contributed by atoms with Crippen LogP contribution >= 0.6 is 0 Å². The molecule has 11 aromatic rings. The zero-order valence-corrected chi connectivity index (χ0v) is 33.4. The Morgan fingerprint density at radius 3 is 1.87 bits per heavy atom. The van der Waals surface area contributed by atoms with Crippen molar-refractivity contribution in [1.82, 2.24) is 14.5 Å². The van der Waals surface area contributed by atoms with E-state index in [1.807, 2.05) is 12.1 Å². The first-order valence-corrected chi connectivity index (χ1v) is 21.0. The summed E-state index contributed by atoms with van der Waals surface area (Å²) in [6, 6.07) is 63.2. The lowest BCUT2D eigenvalue weighted by Crippen LogP contribution is -2.32. The summed E-state index contributed by atoms with van der Waals surface area (Å²) in [6.45, 7) is 4.64. The van der Waals surface area contributed by atoms with Gasteiger partial charge in [-0.05, 0) is 87.0 Å². The molecule has 5 nitrogen and oxygen atoms in total. The molecule has 0 saturated carbocycles. The van der Waals surface area contributed by atoms with Crippen LogP contribution in [0.2, 0.25) is 0 Å². The second-order valence-corrected chi connectivity index (χ2v) is 17.2. The number of fused-ring (bicyclic) bond motifs is 18. The Labute approximate surface area is 351 Å². The summed E-state index contributed by atoms with van der Waals surface area (Å²) in [6.07, 6.45) is 0. The maximum absolute atomic E-state index is 6.96. The molecule has 0 N–H and O–H groups in total. The molecule has 3 aliphatic rings. The van der Waals surface area contributed by atoms with E-state index < -0.39 is 5.41 Å². The van der Waals surface area contributed by atoms with Crippen molar-refractivity contribution in [2.24, 2.45) is 0 Å². The van der Waals surface area contributed by atoms with Crippen LogP contribution in [0.5, 0.6) is 11.5 Å². The quantitative estimate of drug-likeness (QED) is 0.175. The van der Waals surface area contributed by atoms with Gasteiger partial charge < -0.3 is 9.15 Å². The average molecular weight is 782 g/mol. The van der Waals surface area contributed by atoms with Gasteiger partial charge in [0.25, 0.3) is 0 Å². The first-order valence-electron chi connectivity index (χ1n) is 21.0. The molecule has 0 bridgehead atoms. The van der Waals surface area contributed by atoms with Crippen LogP contribution in [0.1, 0.15) is 47.2 Å². The minimum absolute atomic E-state index is 0.176. The van der Waals surface area contributed by atoms with Crippen LogP contribution in [0.4, 0.5) is 0 Å². The van der Waals surface area contributed by atoms with E-state index in [2.05, 4.69) is 182 Å². The highest BCUT2D eigenvalue weighted by atomic mass is 16.5. The molecular weight excluding hydrogens is 747 g/mol. The van der Waals surface area contributed by atoms with Crippen LogP contribution in [0.3, 0.4) is 0 Å². The predicted molar refractivity (Wildman–Crippen MR) is 244 cm³/mol. The van der Waals surface area contributed by atoms with E-state index in [0.29, 0.717) is 11.5 Å². The minimum Gasteiger partial charge on any atom is -0.457 e. The molecule has 0 radical (unpaired) electrons. The number of rotatable bonds is 2. The zero-order chi connectivity index (χ0) is 40.2. The fourth-order valence-corrected chi connectivity index (χ4v) is 11.3. The molecule has 61 heavy (non-hydrogen) atoms. The van der Waals surface area contributed by atoms with E-state index >= 15 is 0 Å².